The van der Waals surface area contributed by atoms with Gasteiger partial charge in [-0.05, 0) is 11.5 Å². The Bertz CT molecular complexity index is 701. The highest BCUT2D eigenvalue weighted by Crippen LogP contribution is 2.34. The number of rotatable bonds is 5. The first-order chi connectivity index (χ1) is 12.9. The van der Waals surface area contributed by atoms with Crippen LogP contribution in [0.4, 0.5) is 9.59 Å². The molecule has 2 aliphatic heterocycles. The molecule has 2 heterocycles. The van der Waals surface area contributed by atoms with Crippen LogP contribution in [-0.2, 0) is 9.53 Å². The summed E-state index contributed by atoms with van der Waals surface area (Å²) in [6, 6.07) is 9.37. The third kappa shape index (κ3) is 4.50. The number of nitrogens with one attached hydrogen (secondary N) is 1. The van der Waals surface area contributed by atoms with Gasteiger partial charge in [0, 0.05) is 32.5 Å². The number of piperidine rings is 1. The number of likely N-dealkylation sites (tertiary alicyclic amines) is 1. The number of carbonyl (C=O) groups is 3. The molecule has 0 unspecified atom stereocenters. The highest BCUT2D eigenvalue weighted by atomic mass is 16.6. The highest BCUT2D eigenvalue weighted by Gasteiger charge is 2.47. The molecule has 3 rings (SSSR count). The van der Waals surface area contributed by atoms with E-state index in [2.05, 4.69) is 24.4 Å². The molecule has 1 spiro atoms. The zero-order valence-electron chi connectivity index (χ0n) is 15.5. The lowest BCUT2D eigenvalue weighted by Gasteiger charge is -2.37. The van der Waals surface area contributed by atoms with Gasteiger partial charge in [0.05, 0.1) is 13.1 Å². The largest absolute Gasteiger partial charge is 0.441 e. The van der Waals surface area contributed by atoms with Crippen molar-refractivity contribution < 1.29 is 19.1 Å². The first kappa shape index (κ1) is 19.0. The number of carbonyl (C=O) groups excluding carboxylic acids is 3. The van der Waals surface area contributed by atoms with Gasteiger partial charge in [-0.25, -0.2) is 9.59 Å². The second-order valence-corrected chi connectivity index (χ2v) is 7.34. The van der Waals surface area contributed by atoms with Gasteiger partial charge in [0.2, 0.25) is 5.91 Å². The lowest BCUT2D eigenvalue weighted by molar-refractivity contribution is -0.133. The molecule has 2 aliphatic rings. The van der Waals surface area contributed by atoms with Gasteiger partial charge in [0.1, 0.15) is 5.60 Å². The molecule has 8 heteroatoms. The second kappa shape index (κ2) is 7.85. The summed E-state index contributed by atoms with van der Waals surface area (Å²) in [5.41, 5.74) is 5.66. The van der Waals surface area contributed by atoms with E-state index in [4.69, 9.17) is 10.5 Å². The Labute approximate surface area is 158 Å². The van der Waals surface area contributed by atoms with Gasteiger partial charge in [0.25, 0.3) is 0 Å². The minimum atomic E-state index is -0.718. The number of ether oxygens (including phenoxy) is 1. The van der Waals surface area contributed by atoms with E-state index in [1.54, 1.807) is 9.80 Å². The van der Waals surface area contributed by atoms with Crippen molar-refractivity contribution in [3.8, 4) is 0 Å². The molecule has 1 aromatic carbocycles. The van der Waals surface area contributed by atoms with E-state index in [9.17, 15) is 14.4 Å². The average Bonchev–Trinajstić information content (AvgIpc) is 2.95. The zero-order chi connectivity index (χ0) is 19.4. The van der Waals surface area contributed by atoms with Crippen LogP contribution in [0.5, 0.6) is 0 Å². The number of amides is 4. The molecule has 4 amide bonds. The van der Waals surface area contributed by atoms with E-state index in [0.717, 1.165) is 0 Å². The number of hydrogen-bond acceptors (Lipinski definition) is 4. The van der Waals surface area contributed by atoms with Gasteiger partial charge in [-0.15, -0.1) is 0 Å². The quantitative estimate of drug-likeness (QED) is 0.810. The van der Waals surface area contributed by atoms with E-state index in [0.29, 0.717) is 39.0 Å². The molecule has 2 fully saturated rings. The zero-order valence-corrected chi connectivity index (χ0v) is 15.5. The number of primary amides is 1. The van der Waals surface area contributed by atoms with Crippen LogP contribution in [0, 0.1) is 0 Å². The third-order valence-electron chi connectivity index (χ3n) is 5.35. The van der Waals surface area contributed by atoms with Crippen molar-refractivity contribution in [1.82, 2.24) is 15.1 Å². The Morgan fingerprint density at radius 3 is 2.56 bits per heavy atom. The lowest BCUT2D eigenvalue weighted by Crippen LogP contribution is -2.51. The number of hydrogen-bond donors (Lipinski definition) is 2. The van der Waals surface area contributed by atoms with E-state index in [-0.39, 0.29) is 24.5 Å². The average molecular weight is 374 g/mol. The van der Waals surface area contributed by atoms with E-state index < -0.39 is 11.6 Å². The van der Waals surface area contributed by atoms with E-state index in [1.165, 1.54) is 5.56 Å². The van der Waals surface area contributed by atoms with Crippen LogP contribution in [0.15, 0.2) is 30.3 Å². The molecule has 2 saturated heterocycles. The monoisotopic (exact) mass is 374 g/mol. The SMILES string of the molecule is C[C@H](CN1CC2(CCN(C(=O)CNC(N)=O)CC2)OC1=O)c1ccccc1. The minimum absolute atomic E-state index is 0.108. The normalized spacial score (nSPS) is 19.7. The molecule has 0 saturated carbocycles. The molecule has 8 nitrogen and oxygen atoms in total. The van der Waals surface area contributed by atoms with Gasteiger partial charge in [-0.3, -0.25) is 4.79 Å². The van der Waals surface area contributed by atoms with Crippen molar-refractivity contribution in [2.75, 3.05) is 32.7 Å². The number of benzene rings is 1. The molecule has 3 N–H and O–H groups in total. The van der Waals surface area contributed by atoms with Crippen LogP contribution in [0.25, 0.3) is 0 Å². The topological polar surface area (TPSA) is 105 Å². The Morgan fingerprint density at radius 2 is 1.93 bits per heavy atom. The van der Waals surface area contributed by atoms with Crippen LogP contribution in [-0.4, -0.2) is 66.2 Å². The van der Waals surface area contributed by atoms with Crippen molar-refractivity contribution in [3.63, 3.8) is 0 Å². The molecular formula is C19H26N4O4. The summed E-state index contributed by atoms with van der Waals surface area (Å²) < 4.78 is 5.72. The predicted octanol–water partition coefficient (Wildman–Crippen LogP) is 1.27. The van der Waals surface area contributed by atoms with Crippen molar-refractivity contribution >= 4 is 18.0 Å². The predicted molar refractivity (Wildman–Crippen MR) is 99.0 cm³/mol. The minimum Gasteiger partial charge on any atom is -0.441 e. The number of urea groups is 1. The molecule has 0 aliphatic carbocycles. The fraction of sp³-hybridized carbons (Fsp3) is 0.526. The summed E-state index contributed by atoms with van der Waals surface area (Å²) >= 11 is 0. The first-order valence-corrected chi connectivity index (χ1v) is 9.22. The van der Waals surface area contributed by atoms with Crippen molar-refractivity contribution in [1.29, 1.82) is 0 Å². The Hall–Kier alpha value is -2.77. The van der Waals surface area contributed by atoms with Crippen LogP contribution >= 0.6 is 0 Å². The fourth-order valence-electron chi connectivity index (χ4n) is 3.75. The summed E-state index contributed by atoms with van der Waals surface area (Å²) in [7, 11) is 0. The summed E-state index contributed by atoms with van der Waals surface area (Å²) in [5.74, 6) is 0.0398. The summed E-state index contributed by atoms with van der Waals surface area (Å²) in [6.07, 6.45) is 0.905. The van der Waals surface area contributed by atoms with Crippen molar-refractivity contribution in [2.24, 2.45) is 5.73 Å². The number of nitrogens with two attached hydrogens (primary N) is 1. The summed E-state index contributed by atoms with van der Waals surface area (Å²) in [6.45, 7) is 4.13. The van der Waals surface area contributed by atoms with Crippen LogP contribution in [0.2, 0.25) is 0 Å². The van der Waals surface area contributed by atoms with Crippen LogP contribution in [0.1, 0.15) is 31.2 Å². The van der Waals surface area contributed by atoms with Crippen molar-refractivity contribution in [3.05, 3.63) is 35.9 Å². The molecule has 0 bridgehead atoms. The Kier molecular flexibility index (Phi) is 5.53. The molecular weight excluding hydrogens is 348 g/mol. The Morgan fingerprint density at radius 1 is 1.26 bits per heavy atom. The van der Waals surface area contributed by atoms with Gasteiger partial charge in [-0.2, -0.15) is 0 Å². The maximum atomic E-state index is 12.4. The molecule has 1 aromatic rings. The van der Waals surface area contributed by atoms with Crippen LogP contribution in [0.3, 0.4) is 0 Å². The lowest BCUT2D eigenvalue weighted by atomic mass is 9.91. The smallest absolute Gasteiger partial charge is 0.410 e. The van der Waals surface area contributed by atoms with Crippen molar-refractivity contribution in [2.45, 2.75) is 31.3 Å². The van der Waals surface area contributed by atoms with Gasteiger partial charge in [0.15, 0.2) is 0 Å². The standard InChI is InChI=1S/C19H26N4O4/c1-14(15-5-3-2-4-6-15)12-23-13-19(27-18(23)26)7-9-22(10-8-19)16(24)11-21-17(20)25/h2-6,14H,7-13H2,1H3,(H3,20,21,25)/t14-/m1/s1. The van der Waals surface area contributed by atoms with Gasteiger partial charge < -0.3 is 25.6 Å². The molecule has 0 radical (unpaired) electrons. The second-order valence-electron chi connectivity index (χ2n) is 7.34. The van der Waals surface area contributed by atoms with Gasteiger partial charge >= 0.3 is 12.1 Å². The highest BCUT2D eigenvalue weighted by molar-refractivity contribution is 5.83. The van der Waals surface area contributed by atoms with E-state index >= 15 is 0 Å². The van der Waals surface area contributed by atoms with Gasteiger partial charge in [-0.1, -0.05) is 37.3 Å². The maximum absolute atomic E-state index is 12.4. The van der Waals surface area contributed by atoms with Crippen LogP contribution < -0.4 is 11.1 Å². The molecule has 1 atom stereocenters. The number of nitrogens with zero attached hydrogens (tertiary/aromatic N) is 2. The Balaban J connectivity index is 1.53. The van der Waals surface area contributed by atoms with E-state index in [1.807, 2.05) is 18.2 Å². The summed E-state index contributed by atoms with van der Waals surface area (Å²) in [5, 5.41) is 2.31. The third-order valence-corrected chi connectivity index (χ3v) is 5.35. The molecule has 0 aromatic heterocycles. The summed E-state index contributed by atoms with van der Waals surface area (Å²) in [4.78, 5) is 38.6. The fourth-order valence-corrected chi connectivity index (χ4v) is 3.75. The first-order valence-electron chi connectivity index (χ1n) is 9.22. The maximum Gasteiger partial charge on any atom is 0.410 e. The molecule has 146 valence electrons. The molecule has 27 heavy (non-hydrogen) atoms.